The van der Waals surface area contributed by atoms with Gasteiger partial charge in [0.2, 0.25) is 0 Å². The second-order valence-corrected chi connectivity index (χ2v) is 7.13. The maximum absolute atomic E-state index is 13.2. The van der Waals surface area contributed by atoms with Gasteiger partial charge in [0.15, 0.2) is 23.0 Å². The quantitative estimate of drug-likeness (QED) is 0.541. The third-order valence-corrected chi connectivity index (χ3v) is 5.02. The molecule has 1 N–H and O–H groups in total. The van der Waals surface area contributed by atoms with E-state index in [0.29, 0.717) is 41.8 Å². The number of rotatable bonds is 7. The topological polar surface area (TPSA) is 49.0 Å². The Morgan fingerprint density at radius 1 is 0.967 bits per heavy atom. The molecule has 0 fully saturated rings. The molecular formula is C23H21ClFNO4. The summed E-state index contributed by atoms with van der Waals surface area (Å²) in [6.07, 6.45) is 0. The summed E-state index contributed by atoms with van der Waals surface area (Å²) in [5.74, 6) is 2.31. The number of hydrogen-bond acceptors (Lipinski definition) is 5. The van der Waals surface area contributed by atoms with E-state index in [0.717, 1.165) is 22.7 Å². The Balaban J connectivity index is 1.40. The molecule has 1 aliphatic heterocycles. The van der Waals surface area contributed by atoms with Gasteiger partial charge in [-0.05, 0) is 42.0 Å². The van der Waals surface area contributed by atoms with E-state index in [2.05, 4.69) is 5.32 Å². The van der Waals surface area contributed by atoms with Crippen molar-refractivity contribution in [1.82, 2.24) is 0 Å². The van der Waals surface area contributed by atoms with E-state index in [-0.39, 0.29) is 12.4 Å². The summed E-state index contributed by atoms with van der Waals surface area (Å²) < 4.78 is 35.6. The predicted octanol–water partition coefficient (Wildman–Crippen LogP) is 5.45. The van der Waals surface area contributed by atoms with Crippen LogP contribution in [0.25, 0.3) is 0 Å². The van der Waals surface area contributed by atoms with Gasteiger partial charge in [-0.3, -0.25) is 0 Å². The highest BCUT2D eigenvalue weighted by atomic mass is 35.5. The van der Waals surface area contributed by atoms with Crippen molar-refractivity contribution in [1.29, 1.82) is 0 Å². The summed E-state index contributed by atoms with van der Waals surface area (Å²) in [7, 11) is 1.59. The standard InChI is InChI=1S/C23H21ClFNO4/c1-27-22-10-15(13-26-18-5-7-21-23(12-18)29-9-8-28-21)2-6-20(22)30-14-16-3-4-17(25)11-19(16)24/h2-7,10-12,26H,8-9,13-14H2,1H3. The first-order valence-electron chi connectivity index (χ1n) is 9.49. The van der Waals surface area contributed by atoms with Gasteiger partial charge >= 0.3 is 0 Å². The molecule has 0 aliphatic carbocycles. The van der Waals surface area contributed by atoms with Crippen molar-refractivity contribution < 1.29 is 23.3 Å². The van der Waals surface area contributed by atoms with Gasteiger partial charge in [-0.25, -0.2) is 4.39 Å². The Hall–Kier alpha value is -3.12. The Morgan fingerprint density at radius 2 is 1.80 bits per heavy atom. The van der Waals surface area contributed by atoms with Crippen molar-refractivity contribution >= 4 is 17.3 Å². The van der Waals surface area contributed by atoms with Crippen LogP contribution in [0, 0.1) is 5.82 Å². The lowest BCUT2D eigenvalue weighted by Gasteiger charge is -2.19. The van der Waals surface area contributed by atoms with Crippen LogP contribution in [0.2, 0.25) is 5.02 Å². The van der Waals surface area contributed by atoms with E-state index in [1.807, 2.05) is 36.4 Å². The van der Waals surface area contributed by atoms with E-state index in [1.165, 1.54) is 12.1 Å². The fraction of sp³-hybridized carbons (Fsp3) is 0.217. The number of hydrogen-bond donors (Lipinski definition) is 1. The van der Waals surface area contributed by atoms with Crippen LogP contribution < -0.4 is 24.3 Å². The Morgan fingerprint density at radius 3 is 2.60 bits per heavy atom. The molecule has 0 amide bonds. The van der Waals surface area contributed by atoms with Gasteiger partial charge in [-0.1, -0.05) is 23.7 Å². The van der Waals surface area contributed by atoms with Gasteiger partial charge in [0, 0.05) is 23.9 Å². The molecule has 4 rings (SSSR count). The lowest BCUT2D eigenvalue weighted by molar-refractivity contribution is 0.171. The summed E-state index contributed by atoms with van der Waals surface area (Å²) in [6.45, 7) is 1.93. The molecule has 0 bridgehead atoms. The third-order valence-electron chi connectivity index (χ3n) is 4.67. The monoisotopic (exact) mass is 429 g/mol. The van der Waals surface area contributed by atoms with Crippen molar-refractivity contribution in [2.75, 3.05) is 25.6 Å². The largest absolute Gasteiger partial charge is 0.493 e. The fourth-order valence-electron chi connectivity index (χ4n) is 3.09. The van der Waals surface area contributed by atoms with Crippen molar-refractivity contribution in [2.45, 2.75) is 13.2 Å². The molecule has 0 atom stereocenters. The molecule has 1 heterocycles. The van der Waals surface area contributed by atoms with Crippen molar-refractivity contribution in [2.24, 2.45) is 0 Å². The minimum Gasteiger partial charge on any atom is -0.493 e. The highest BCUT2D eigenvalue weighted by Crippen LogP contribution is 2.33. The smallest absolute Gasteiger partial charge is 0.163 e. The maximum Gasteiger partial charge on any atom is 0.163 e. The average Bonchev–Trinajstić information content (AvgIpc) is 2.77. The number of benzene rings is 3. The lowest BCUT2D eigenvalue weighted by Crippen LogP contribution is -2.15. The van der Waals surface area contributed by atoms with Crippen LogP contribution in [0.15, 0.2) is 54.6 Å². The van der Waals surface area contributed by atoms with E-state index < -0.39 is 0 Å². The SMILES string of the molecule is COc1cc(CNc2ccc3c(c2)OCCO3)ccc1OCc1ccc(F)cc1Cl. The van der Waals surface area contributed by atoms with Crippen LogP contribution in [-0.2, 0) is 13.2 Å². The van der Waals surface area contributed by atoms with Crippen molar-refractivity contribution in [3.8, 4) is 23.0 Å². The summed E-state index contributed by atoms with van der Waals surface area (Å²) >= 11 is 6.06. The summed E-state index contributed by atoms with van der Waals surface area (Å²) in [5, 5.41) is 3.70. The zero-order valence-electron chi connectivity index (χ0n) is 16.4. The second kappa shape index (κ2) is 9.13. The highest BCUT2D eigenvalue weighted by molar-refractivity contribution is 6.31. The summed E-state index contributed by atoms with van der Waals surface area (Å²) in [5.41, 5.74) is 2.66. The number of fused-ring (bicyclic) bond motifs is 1. The molecular weight excluding hydrogens is 409 g/mol. The van der Waals surface area contributed by atoms with Crippen LogP contribution in [-0.4, -0.2) is 20.3 Å². The van der Waals surface area contributed by atoms with Gasteiger partial charge in [-0.15, -0.1) is 0 Å². The molecule has 156 valence electrons. The van der Waals surface area contributed by atoms with Crippen LogP contribution in [0.3, 0.4) is 0 Å². The van der Waals surface area contributed by atoms with Gasteiger partial charge < -0.3 is 24.3 Å². The molecule has 0 radical (unpaired) electrons. The molecule has 0 saturated heterocycles. The van der Waals surface area contributed by atoms with Gasteiger partial charge in [0.25, 0.3) is 0 Å². The maximum atomic E-state index is 13.2. The zero-order chi connectivity index (χ0) is 20.9. The summed E-state index contributed by atoms with van der Waals surface area (Å²) in [4.78, 5) is 0. The fourth-order valence-corrected chi connectivity index (χ4v) is 3.31. The summed E-state index contributed by atoms with van der Waals surface area (Å²) in [6, 6.07) is 15.7. The van der Waals surface area contributed by atoms with Gasteiger partial charge in [0.05, 0.1) is 12.1 Å². The Bertz CT molecular complexity index is 1040. The Kier molecular flexibility index (Phi) is 6.14. The van der Waals surface area contributed by atoms with E-state index in [1.54, 1.807) is 13.2 Å². The number of anilines is 1. The molecule has 0 aromatic heterocycles. The Labute approximate surface area is 179 Å². The van der Waals surface area contributed by atoms with E-state index >= 15 is 0 Å². The van der Waals surface area contributed by atoms with Crippen molar-refractivity contribution in [3.05, 3.63) is 76.6 Å². The van der Waals surface area contributed by atoms with Crippen LogP contribution >= 0.6 is 11.6 Å². The molecule has 30 heavy (non-hydrogen) atoms. The van der Waals surface area contributed by atoms with Crippen LogP contribution in [0.1, 0.15) is 11.1 Å². The normalized spacial score (nSPS) is 12.4. The molecule has 7 heteroatoms. The second-order valence-electron chi connectivity index (χ2n) is 6.72. The number of ether oxygens (including phenoxy) is 4. The van der Waals surface area contributed by atoms with E-state index in [4.69, 9.17) is 30.5 Å². The molecule has 0 spiro atoms. The first kappa shape index (κ1) is 20.2. The minimum atomic E-state index is -0.379. The van der Waals surface area contributed by atoms with Crippen LogP contribution in [0.4, 0.5) is 10.1 Å². The molecule has 3 aromatic carbocycles. The van der Waals surface area contributed by atoms with Crippen LogP contribution in [0.5, 0.6) is 23.0 Å². The number of methoxy groups -OCH3 is 1. The highest BCUT2D eigenvalue weighted by Gasteiger charge is 2.12. The van der Waals surface area contributed by atoms with Crippen molar-refractivity contribution in [3.63, 3.8) is 0 Å². The molecule has 0 unspecified atom stereocenters. The first-order chi connectivity index (χ1) is 14.6. The molecule has 5 nitrogen and oxygen atoms in total. The molecule has 1 aliphatic rings. The lowest BCUT2D eigenvalue weighted by atomic mass is 10.2. The number of nitrogens with one attached hydrogen (secondary N) is 1. The van der Waals surface area contributed by atoms with Gasteiger partial charge in [0.1, 0.15) is 25.6 Å². The van der Waals surface area contributed by atoms with Gasteiger partial charge in [-0.2, -0.15) is 0 Å². The predicted molar refractivity (Wildman–Crippen MR) is 113 cm³/mol. The van der Waals surface area contributed by atoms with E-state index in [9.17, 15) is 4.39 Å². The minimum absolute atomic E-state index is 0.213. The average molecular weight is 430 g/mol. The molecule has 0 saturated carbocycles. The number of halogens is 2. The molecule has 3 aromatic rings. The third kappa shape index (κ3) is 4.71. The zero-order valence-corrected chi connectivity index (χ0v) is 17.2. The first-order valence-corrected chi connectivity index (χ1v) is 9.87.